The average Bonchev–Trinajstić information content (AvgIpc) is 3.25. The summed E-state index contributed by atoms with van der Waals surface area (Å²) in [5.74, 6) is 2.50. The molecule has 8 heteroatoms. The van der Waals surface area contributed by atoms with Gasteiger partial charge in [-0.05, 0) is 43.7 Å². The smallest absolute Gasteiger partial charge is 0.242 e. The highest BCUT2D eigenvalue weighted by Gasteiger charge is 2.15. The van der Waals surface area contributed by atoms with Crippen LogP contribution in [0.4, 0.5) is 0 Å². The molecule has 0 saturated carbocycles. The fraction of sp³-hybridized carbons (Fsp3) is 0.455. The van der Waals surface area contributed by atoms with E-state index in [1.54, 1.807) is 13.4 Å². The maximum Gasteiger partial charge on any atom is 0.242 e. The molecule has 0 aliphatic heterocycles. The molecule has 166 valence electrons. The van der Waals surface area contributed by atoms with Gasteiger partial charge in [0.1, 0.15) is 11.5 Å². The second-order valence-corrected chi connectivity index (χ2v) is 6.67. The van der Waals surface area contributed by atoms with E-state index in [9.17, 15) is 4.79 Å². The van der Waals surface area contributed by atoms with E-state index >= 15 is 0 Å². The van der Waals surface area contributed by atoms with E-state index in [4.69, 9.17) is 14.1 Å². The summed E-state index contributed by atoms with van der Waals surface area (Å²) < 4.78 is 10.6. The number of benzene rings is 1. The van der Waals surface area contributed by atoms with Gasteiger partial charge in [0.2, 0.25) is 5.91 Å². The molecule has 0 spiro atoms. The summed E-state index contributed by atoms with van der Waals surface area (Å²) in [6.45, 7) is 6.83. The van der Waals surface area contributed by atoms with Crippen LogP contribution in [-0.4, -0.2) is 62.0 Å². The van der Waals surface area contributed by atoms with Gasteiger partial charge in [0.25, 0.3) is 0 Å². The van der Waals surface area contributed by atoms with Gasteiger partial charge in [-0.15, -0.1) is 24.0 Å². The number of guanidine groups is 1. The molecule has 2 rings (SSSR count). The Hall–Kier alpha value is -2.23. The van der Waals surface area contributed by atoms with Gasteiger partial charge in [-0.3, -0.25) is 4.79 Å². The summed E-state index contributed by atoms with van der Waals surface area (Å²) in [4.78, 5) is 20.9. The standard InChI is InChI=1S/C22H32N4O3.HI/c1-5-26(6-2)21(27)17-25(3)22(23-14-13-20-8-7-15-29-20)24-16-18-9-11-19(28-4)12-10-18;/h7-12,15H,5-6,13-14,16-17H2,1-4H3,(H,23,24);1H. The Morgan fingerprint density at radius 2 is 1.87 bits per heavy atom. The number of furan rings is 1. The van der Waals surface area contributed by atoms with Crippen LogP contribution in [0.3, 0.4) is 0 Å². The number of nitrogens with one attached hydrogen (secondary N) is 1. The number of carbonyl (C=O) groups is 1. The summed E-state index contributed by atoms with van der Waals surface area (Å²) in [5.41, 5.74) is 1.07. The zero-order valence-corrected chi connectivity index (χ0v) is 20.6. The van der Waals surface area contributed by atoms with Crippen molar-refractivity contribution in [2.75, 3.05) is 40.3 Å². The third kappa shape index (κ3) is 8.25. The van der Waals surface area contributed by atoms with Crippen molar-refractivity contribution < 1.29 is 13.9 Å². The van der Waals surface area contributed by atoms with Crippen LogP contribution in [0.1, 0.15) is 25.2 Å². The highest BCUT2D eigenvalue weighted by molar-refractivity contribution is 14.0. The third-order valence-electron chi connectivity index (χ3n) is 4.66. The van der Waals surface area contributed by atoms with Gasteiger partial charge in [0.05, 0.1) is 26.5 Å². The molecule has 1 heterocycles. The predicted molar refractivity (Wildman–Crippen MR) is 131 cm³/mol. The normalized spacial score (nSPS) is 10.9. The van der Waals surface area contributed by atoms with Crippen molar-refractivity contribution in [1.82, 2.24) is 15.1 Å². The molecule has 0 aliphatic carbocycles. The lowest BCUT2D eigenvalue weighted by atomic mass is 10.2. The maximum absolute atomic E-state index is 12.5. The van der Waals surface area contributed by atoms with Crippen molar-refractivity contribution in [2.24, 2.45) is 4.99 Å². The van der Waals surface area contributed by atoms with Gasteiger partial charge in [-0.2, -0.15) is 0 Å². The quantitative estimate of drug-likeness (QED) is 0.291. The van der Waals surface area contributed by atoms with Crippen LogP contribution in [0.5, 0.6) is 5.75 Å². The minimum atomic E-state index is 0. The topological polar surface area (TPSA) is 70.3 Å². The first-order valence-corrected chi connectivity index (χ1v) is 9.99. The molecule has 1 amide bonds. The molecular formula is C22H33IN4O3. The van der Waals surface area contributed by atoms with Crippen molar-refractivity contribution in [1.29, 1.82) is 0 Å². The van der Waals surface area contributed by atoms with Gasteiger partial charge >= 0.3 is 0 Å². The molecule has 1 N–H and O–H groups in total. The zero-order valence-electron chi connectivity index (χ0n) is 18.3. The second kappa shape index (κ2) is 13.9. The number of ether oxygens (including phenoxy) is 1. The second-order valence-electron chi connectivity index (χ2n) is 6.67. The molecule has 1 aromatic heterocycles. The van der Waals surface area contributed by atoms with Crippen molar-refractivity contribution >= 4 is 35.8 Å². The Balaban J connectivity index is 0.00000450. The Morgan fingerprint density at radius 1 is 1.17 bits per heavy atom. The number of hydrogen-bond donors (Lipinski definition) is 1. The van der Waals surface area contributed by atoms with Gasteiger partial charge in [-0.1, -0.05) is 12.1 Å². The molecule has 7 nitrogen and oxygen atoms in total. The lowest BCUT2D eigenvalue weighted by molar-refractivity contribution is -0.131. The lowest BCUT2D eigenvalue weighted by Crippen LogP contribution is -2.46. The van der Waals surface area contributed by atoms with Crippen molar-refractivity contribution in [3.8, 4) is 5.75 Å². The summed E-state index contributed by atoms with van der Waals surface area (Å²) >= 11 is 0. The molecular weight excluding hydrogens is 495 g/mol. The summed E-state index contributed by atoms with van der Waals surface area (Å²) in [7, 11) is 3.53. The van der Waals surface area contributed by atoms with E-state index in [-0.39, 0.29) is 36.4 Å². The van der Waals surface area contributed by atoms with Gasteiger partial charge in [-0.25, -0.2) is 4.99 Å². The predicted octanol–water partition coefficient (Wildman–Crippen LogP) is 3.39. The van der Waals surface area contributed by atoms with Crippen molar-refractivity contribution in [3.63, 3.8) is 0 Å². The number of hydrogen-bond acceptors (Lipinski definition) is 4. The number of carbonyl (C=O) groups excluding carboxylic acids is 1. The zero-order chi connectivity index (χ0) is 21.1. The van der Waals surface area contributed by atoms with E-state index < -0.39 is 0 Å². The Labute approximate surface area is 196 Å². The first kappa shape index (κ1) is 25.8. The first-order chi connectivity index (χ1) is 14.1. The third-order valence-corrected chi connectivity index (χ3v) is 4.66. The highest BCUT2D eigenvalue weighted by atomic mass is 127. The number of rotatable bonds is 10. The largest absolute Gasteiger partial charge is 0.497 e. The van der Waals surface area contributed by atoms with E-state index in [0.717, 1.165) is 23.5 Å². The number of nitrogens with zero attached hydrogens (tertiary/aromatic N) is 3. The monoisotopic (exact) mass is 528 g/mol. The van der Waals surface area contributed by atoms with Gasteiger partial charge in [0.15, 0.2) is 5.96 Å². The summed E-state index contributed by atoms with van der Waals surface area (Å²) in [6, 6.07) is 11.6. The number of amides is 1. The molecule has 0 saturated heterocycles. The van der Waals surface area contributed by atoms with Crippen LogP contribution in [0.2, 0.25) is 0 Å². The van der Waals surface area contributed by atoms with Crippen LogP contribution < -0.4 is 10.1 Å². The lowest BCUT2D eigenvalue weighted by Gasteiger charge is -2.26. The molecule has 2 aromatic rings. The van der Waals surface area contributed by atoms with Crippen molar-refractivity contribution in [3.05, 3.63) is 54.0 Å². The van der Waals surface area contributed by atoms with E-state index in [0.29, 0.717) is 32.1 Å². The fourth-order valence-electron chi connectivity index (χ4n) is 2.92. The molecule has 0 atom stereocenters. The molecule has 0 aliphatic rings. The minimum absolute atomic E-state index is 0. The number of halogens is 1. The number of aliphatic imine (C=N–C) groups is 1. The van der Waals surface area contributed by atoms with Gasteiger partial charge in [0, 0.05) is 33.1 Å². The van der Waals surface area contributed by atoms with E-state index in [2.05, 4.69) is 5.32 Å². The number of methoxy groups -OCH3 is 1. The minimum Gasteiger partial charge on any atom is -0.497 e. The fourth-order valence-corrected chi connectivity index (χ4v) is 2.92. The maximum atomic E-state index is 12.5. The Kier molecular flexibility index (Phi) is 12.0. The van der Waals surface area contributed by atoms with Crippen LogP contribution >= 0.6 is 24.0 Å². The van der Waals surface area contributed by atoms with Crippen LogP contribution in [-0.2, 0) is 17.8 Å². The molecule has 0 radical (unpaired) electrons. The first-order valence-electron chi connectivity index (χ1n) is 9.99. The molecule has 0 fully saturated rings. The van der Waals surface area contributed by atoms with Crippen LogP contribution in [0.15, 0.2) is 52.1 Å². The Bertz CT molecular complexity index is 759. The average molecular weight is 528 g/mol. The molecule has 0 unspecified atom stereocenters. The summed E-state index contributed by atoms with van der Waals surface area (Å²) in [5, 5.41) is 3.35. The molecule has 0 bridgehead atoms. The Morgan fingerprint density at radius 3 is 2.43 bits per heavy atom. The van der Waals surface area contributed by atoms with Crippen molar-refractivity contribution in [2.45, 2.75) is 26.8 Å². The van der Waals surface area contributed by atoms with E-state index in [1.165, 1.54) is 0 Å². The SMILES string of the molecule is CCN(CC)C(=O)CN(C)C(=NCc1ccc(OC)cc1)NCCc1ccco1.I. The highest BCUT2D eigenvalue weighted by Crippen LogP contribution is 2.12. The molecule has 30 heavy (non-hydrogen) atoms. The number of likely N-dealkylation sites (N-methyl/N-ethyl adjacent to an activating group) is 2. The van der Waals surface area contributed by atoms with Crippen LogP contribution in [0.25, 0.3) is 0 Å². The summed E-state index contributed by atoms with van der Waals surface area (Å²) in [6.07, 6.45) is 2.41. The van der Waals surface area contributed by atoms with Crippen LogP contribution in [0, 0.1) is 0 Å². The van der Waals surface area contributed by atoms with Gasteiger partial charge < -0.3 is 24.3 Å². The molecule has 1 aromatic carbocycles. The van der Waals surface area contributed by atoms with E-state index in [1.807, 2.05) is 67.1 Å².